The summed E-state index contributed by atoms with van der Waals surface area (Å²) in [5, 5.41) is 17.2. The SMILES string of the molecule is CCOP(=O)(OCC)[C@H](O)[C@@H](CN=[N+]=[N-])N[C@@H](C)c1ccccc1. The number of nitrogens with zero attached hydrogens (tertiary/aromatic N) is 3. The fourth-order valence-electron chi connectivity index (χ4n) is 2.29. The number of hydrogen-bond acceptors (Lipinski definition) is 6. The Morgan fingerprint density at radius 3 is 2.38 bits per heavy atom. The first-order valence-electron chi connectivity index (χ1n) is 7.87. The molecule has 0 spiro atoms. The summed E-state index contributed by atoms with van der Waals surface area (Å²) in [6.07, 6.45) is 0. The largest absolute Gasteiger partial charge is 0.379 e. The molecule has 0 heterocycles. The van der Waals surface area contributed by atoms with Crippen LogP contribution in [0.3, 0.4) is 0 Å². The molecule has 0 fully saturated rings. The Labute approximate surface area is 142 Å². The second-order valence-electron chi connectivity index (χ2n) is 5.11. The first kappa shape index (κ1) is 20.6. The second kappa shape index (κ2) is 10.5. The van der Waals surface area contributed by atoms with Gasteiger partial charge in [-0.05, 0) is 31.9 Å². The van der Waals surface area contributed by atoms with Crippen LogP contribution < -0.4 is 5.32 Å². The van der Waals surface area contributed by atoms with Crippen LogP contribution in [0.25, 0.3) is 10.4 Å². The fraction of sp³-hybridized carbons (Fsp3) is 0.600. The summed E-state index contributed by atoms with van der Waals surface area (Å²) in [5.41, 5.74) is 9.56. The van der Waals surface area contributed by atoms with Crippen molar-refractivity contribution in [3.8, 4) is 0 Å². The van der Waals surface area contributed by atoms with Gasteiger partial charge in [0, 0.05) is 17.5 Å². The van der Waals surface area contributed by atoms with Crippen LogP contribution in [0.5, 0.6) is 0 Å². The Morgan fingerprint density at radius 1 is 1.29 bits per heavy atom. The first-order chi connectivity index (χ1) is 11.5. The van der Waals surface area contributed by atoms with Crippen molar-refractivity contribution in [3.05, 3.63) is 46.3 Å². The van der Waals surface area contributed by atoms with Crippen molar-refractivity contribution in [1.29, 1.82) is 0 Å². The van der Waals surface area contributed by atoms with Gasteiger partial charge in [-0.2, -0.15) is 0 Å². The number of benzene rings is 1. The van der Waals surface area contributed by atoms with Gasteiger partial charge in [-0.1, -0.05) is 35.4 Å². The zero-order valence-electron chi connectivity index (χ0n) is 14.2. The average molecular weight is 356 g/mol. The summed E-state index contributed by atoms with van der Waals surface area (Å²) in [6, 6.07) is 8.63. The summed E-state index contributed by atoms with van der Waals surface area (Å²) in [4.78, 5) is 2.71. The van der Waals surface area contributed by atoms with Crippen LogP contribution in [0.4, 0.5) is 0 Å². The molecule has 0 amide bonds. The number of azide groups is 1. The smallest absolute Gasteiger partial charge is 0.360 e. The third-order valence-electron chi connectivity index (χ3n) is 3.41. The van der Waals surface area contributed by atoms with Gasteiger partial charge in [0.05, 0.1) is 19.3 Å². The zero-order chi connectivity index (χ0) is 18.0. The molecule has 2 N–H and O–H groups in total. The van der Waals surface area contributed by atoms with Gasteiger partial charge in [-0.25, -0.2) is 0 Å². The van der Waals surface area contributed by atoms with E-state index in [1.807, 2.05) is 37.3 Å². The predicted octanol–water partition coefficient (Wildman–Crippen LogP) is 3.60. The van der Waals surface area contributed by atoms with Crippen molar-refractivity contribution in [1.82, 2.24) is 5.32 Å². The van der Waals surface area contributed by atoms with Gasteiger partial charge in [0.25, 0.3) is 0 Å². The summed E-state index contributed by atoms with van der Waals surface area (Å²) < 4.78 is 23.1. The molecule has 0 aliphatic rings. The van der Waals surface area contributed by atoms with E-state index < -0.39 is 19.5 Å². The van der Waals surface area contributed by atoms with Crippen molar-refractivity contribution in [2.75, 3.05) is 19.8 Å². The molecule has 8 nitrogen and oxygen atoms in total. The van der Waals surface area contributed by atoms with Crippen molar-refractivity contribution in [2.24, 2.45) is 5.11 Å². The van der Waals surface area contributed by atoms with Crippen LogP contribution in [-0.2, 0) is 13.6 Å². The van der Waals surface area contributed by atoms with Gasteiger partial charge in [-0.3, -0.25) is 4.57 Å². The minimum Gasteiger partial charge on any atom is -0.379 e. The molecule has 3 atom stereocenters. The molecule has 1 aromatic carbocycles. The van der Waals surface area contributed by atoms with E-state index in [9.17, 15) is 9.67 Å². The summed E-state index contributed by atoms with van der Waals surface area (Å²) in [7, 11) is -3.74. The van der Waals surface area contributed by atoms with Gasteiger partial charge in [0.1, 0.15) is 0 Å². The van der Waals surface area contributed by atoms with Gasteiger partial charge in [0.15, 0.2) is 5.85 Å². The highest BCUT2D eigenvalue weighted by Gasteiger charge is 2.40. The fourth-order valence-corrected chi connectivity index (χ4v) is 4.01. The maximum atomic E-state index is 12.8. The molecule has 24 heavy (non-hydrogen) atoms. The molecule has 0 aliphatic carbocycles. The van der Waals surface area contributed by atoms with Crippen LogP contribution in [0, 0.1) is 0 Å². The summed E-state index contributed by atoms with van der Waals surface area (Å²) >= 11 is 0. The van der Waals surface area contributed by atoms with Crippen LogP contribution >= 0.6 is 7.60 Å². The number of rotatable bonds is 11. The maximum absolute atomic E-state index is 12.8. The minimum atomic E-state index is -3.74. The third-order valence-corrected chi connectivity index (χ3v) is 5.65. The van der Waals surface area contributed by atoms with E-state index in [4.69, 9.17) is 14.6 Å². The Balaban J connectivity index is 2.97. The van der Waals surface area contributed by atoms with E-state index in [1.165, 1.54) is 0 Å². The lowest BCUT2D eigenvalue weighted by Crippen LogP contribution is -2.43. The molecule has 9 heteroatoms. The molecule has 0 aliphatic heterocycles. The lowest BCUT2D eigenvalue weighted by molar-refractivity contribution is 0.123. The average Bonchev–Trinajstić information content (AvgIpc) is 2.59. The van der Waals surface area contributed by atoms with E-state index in [1.54, 1.807) is 13.8 Å². The highest BCUT2D eigenvalue weighted by molar-refractivity contribution is 7.54. The molecular formula is C15H25N4O4P. The quantitative estimate of drug-likeness (QED) is 0.272. The lowest BCUT2D eigenvalue weighted by atomic mass is 10.1. The van der Waals surface area contributed by atoms with Crippen LogP contribution in [0.1, 0.15) is 32.4 Å². The third kappa shape index (κ3) is 5.91. The van der Waals surface area contributed by atoms with Gasteiger partial charge < -0.3 is 19.5 Å². The minimum absolute atomic E-state index is 0.0843. The van der Waals surface area contributed by atoms with Crippen LogP contribution in [0.2, 0.25) is 0 Å². The number of aliphatic hydroxyl groups is 1. The predicted molar refractivity (Wildman–Crippen MR) is 92.7 cm³/mol. The van der Waals surface area contributed by atoms with Crippen LogP contribution in [0.15, 0.2) is 35.4 Å². The van der Waals surface area contributed by atoms with Gasteiger partial charge >= 0.3 is 7.60 Å². The standard InChI is InChI=1S/C15H25N4O4P/c1-4-22-24(21,23-5-2)15(20)14(11-17-19-16)18-12(3)13-9-7-6-8-10-13/h6-10,12,14-15,18,20H,4-5,11H2,1-3H3/t12-,14+,15-/m0/s1. The topological polar surface area (TPSA) is 117 Å². The molecule has 134 valence electrons. The first-order valence-corrected chi connectivity index (χ1v) is 9.48. The van der Waals surface area contributed by atoms with E-state index >= 15 is 0 Å². The van der Waals surface area contributed by atoms with Crippen molar-refractivity contribution >= 4 is 7.60 Å². The second-order valence-corrected chi connectivity index (χ2v) is 7.23. The number of aliphatic hydroxyl groups excluding tert-OH is 1. The molecule has 0 unspecified atom stereocenters. The molecular weight excluding hydrogens is 331 g/mol. The normalized spacial score (nSPS) is 15.3. The Hall–Kier alpha value is -1.40. The molecule has 0 bridgehead atoms. The molecule has 1 aromatic rings. The summed E-state index contributed by atoms with van der Waals surface area (Å²) in [5.74, 6) is -1.45. The molecule has 0 radical (unpaired) electrons. The highest BCUT2D eigenvalue weighted by Crippen LogP contribution is 2.53. The Bertz CT molecular complexity index is 570. The van der Waals surface area contributed by atoms with E-state index in [0.29, 0.717) is 0 Å². The van der Waals surface area contributed by atoms with E-state index in [0.717, 1.165) is 5.56 Å². The monoisotopic (exact) mass is 356 g/mol. The number of hydrogen-bond donors (Lipinski definition) is 2. The van der Waals surface area contributed by atoms with E-state index in [2.05, 4.69) is 15.3 Å². The van der Waals surface area contributed by atoms with Gasteiger partial charge in [-0.15, -0.1) is 0 Å². The lowest BCUT2D eigenvalue weighted by Gasteiger charge is -2.30. The van der Waals surface area contributed by atoms with Crippen LogP contribution in [-0.4, -0.2) is 36.8 Å². The van der Waals surface area contributed by atoms with E-state index in [-0.39, 0.29) is 25.8 Å². The molecule has 0 saturated heterocycles. The van der Waals surface area contributed by atoms with Crippen molar-refractivity contribution < 1.29 is 18.7 Å². The summed E-state index contributed by atoms with van der Waals surface area (Å²) in [6.45, 7) is 5.42. The maximum Gasteiger partial charge on any atom is 0.360 e. The Morgan fingerprint density at radius 2 is 1.88 bits per heavy atom. The zero-order valence-corrected chi connectivity index (χ0v) is 15.1. The Kier molecular flexibility index (Phi) is 9.00. The van der Waals surface area contributed by atoms with Crippen molar-refractivity contribution in [2.45, 2.75) is 38.7 Å². The molecule has 0 aromatic heterocycles. The van der Waals surface area contributed by atoms with Crippen molar-refractivity contribution in [3.63, 3.8) is 0 Å². The number of nitrogens with one attached hydrogen (secondary N) is 1. The van der Waals surface area contributed by atoms with Gasteiger partial charge in [0.2, 0.25) is 0 Å². The highest BCUT2D eigenvalue weighted by atomic mass is 31.2. The molecule has 0 saturated carbocycles. The molecule has 1 rings (SSSR count).